The average Bonchev–Trinajstić information content (AvgIpc) is 2.78. The Kier molecular flexibility index (Phi) is 3.58. The molecule has 2 heterocycles. The summed E-state index contributed by atoms with van der Waals surface area (Å²) < 4.78 is 10.1. The maximum Gasteiger partial charge on any atom is 0.237 e. The first-order valence-electron chi connectivity index (χ1n) is 4.81. The van der Waals surface area contributed by atoms with Crippen molar-refractivity contribution < 1.29 is 9.15 Å². The molecule has 1 atom stereocenters. The van der Waals surface area contributed by atoms with Crippen molar-refractivity contribution in [3.05, 3.63) is 41.2 Å². The minimum atomic E-state index is -0.440. The number of ether oxygens (including phenoxy) is 1. The molecule has 90 valence electrons. The van der Waals surface area contributed by atoms with Crippen LogP contribution in [0.4, 0.5) is 0 Å². The van der Waals surface area contributed by atoms with Crippen LogP contribution in [0, 0.1) is 0 Å². The van der Waals surface area contributed by atoms with E-state index in [1.807, 2.05) is 0 Å². The summed E-state index contributed by atoms with van der Waals surface area (Å²) in [6, 6.07) is 1.27. The van der Waals surface area contributed by atoms with Crippen molar-refractivity contribution in [1.82, 2.24) is 15.4 Å². The molecule has 3 N–H and O–H groups in total. The van der Waals surface area contributed by atoms with E-state index < -0.39 is 6.04 Å². The van der Waals surface area contributed by atoms with Gasteiger partial charge in [-0.2, -0.15) is 0 Å². The fourth-order valence-corrected chi connectivity index (χ4v) is 1.74. The fourth-order valence-electron chi connectivity index (χ4n) is 1.52. The molecule has 17 heavy (non-hydrogen) atoms. The number of methoxy groups -OCH3 is 1. The summed E-state index contributed by atoms with van der Waals surface area (Å²) in [4.78, 5) is 8.24. The third-order valence-corrected chi connectivity index (χ3v) is 2.59. The van der Waals surface area contributed by atoms with Gasteiger partial charge in [0.25, 0.3) is 0 Å². The number of hydrogen-bond donors (Lipinski definition) is 2. The van der Waals surface area contributed by atoms with Crippen molar-refractivity contribution in [2.45, 2.75) is 6.04 Å². The summed E-state index contributed by atoms with van der Waals surface area (Å²) in [6.45, 7) is 0. The average molecular weight is 255 g/mol. The van der Waals surface area contributed by atoms with Gasteiger partial charge in [-0.05, 0) is 17.7 Å². The lowest BCUT2D eigenvalue weighted by atomic mass is 10.1. The van der Waals surface area contributed by atoms with E-state index in [-0.39, 0.29) is 5.22 Å². The van der Waals surface area contributed by atoms with Gasteiger partial charge in [0.2, 0.25) is 5.88 Å². The fraction of sp³-hybridized carbons (Fsp3) is 0.200. The maximum absolute atomic E-state index is 5.91. The molecule has 2 aromatic heterocycles. The van der Waals surface area contributed by atoms with Gasteiger partial charge in [-0.1, -0.05) is 0 Å². The molecule has 1 unspecified atom stereocenters. The van der Waals surface area contributed by atoms with Gasteiger partial charge in [-0.25, -0.2) is 10.4 Å². The van der Waals surface area contributed by atoms with Gasteiger partial charge in [-0.15, -0.1) is 0 Å². The van der Waals surface area contributed by atoms with Crippen LogP contribution in [-0.4, -0.2) is 17.1 Å². The molecule has 0 aliphatic heterocycles. The molecule has 0 saturated carbocycles. The molecular weight excluding hydrogens is 244 g/mol. The Bertz CT molecular complexity index is 503. The lowest BCUT2D eigenvalue weighted by molar-refractivity contribution is 0.382. The summed E-state index contributed by atoms with van der Waals surface area (Å²) in [6.07, 6.45) is 4.56. The lowest BCUT2D eigenvalue weighted by Gasteiger charge is -2.15. The number of furan rings is 1. The van der Waals surface area contributed by atoms with Gasteiger partial charge in [0, 0.05) is 18.0 Å². The molecule has 0 bridgehead atoms. The third-order valence-electron chi connectivity index (χ3n) is 2.28. The van der Waals surface area contributed by atoms with E-state index in [0.29, 0.717) is 17.1 Å². The van der Waals surface area contributed by atoms with Crippen LogP contribution in [0.15, 0.2) is 29.1 Å². The first-order chi connectivity index (χ1) is 8.27. The first kappa shape index (κ1) is 11.8. The van der Waals surface area contributed by atoms with Gasteiger partial charge in [0.15, 0.2) is 5.22 Å². The topological polar surface area (TPSA) is 86.2 Å². The molecule has 2 rings (SSSR count). The number of nitrogens with zero attached hydrogens (tertiary/aromatic N) is 2. The summed E-state index contributed by atoms with van der Waals surface area (Å²) >= 11 is 5.91. The molecule has 0 aromatic carbocycles. The van der Waals surface area contributed by atoms with E-state index in [9.17, 15) is 0 Å². The predicted molar refractivity (Wildman–Crippen MR) is 61.5 cm³/mol. The second-order valence-electron chi connectivity index (χ2n) is 3.20. The largest absolute Gasteiger partial charge is 0.480 e. The second-order valence-corrected chi connectivity index (χ2v) is 3.54. The van der Waals surface area contributed by atoms with Crippen LogP contribution in [0.5, 0.6) is 5.88 Å². The zero-order valence-electron chi connectivity index (χ0n) is 9.05. The molecule has 6 nitrogen and oxygen atoms in total. The summed E-state index contributed by atoms with van der Waals surface area (Å²) in [7, 11) is 1.51. The highest BCUT2D eigenvalue weighted by Crippen LogP contribution is 2.30. The van der Waals surface area contributed by atoms with Gasteiger partial charge < -0.3 is 9.15 Å². The Morgan fingerprint density at radius 2 is 2.24 bits per heavy atom. The molecule has 0 spiro atoms. The van der Waals surface area contributed by atoms with Crippen LogP contribution >= 0.6 is 11.6 Å². The lowest BCUT2D eigenvalue weighted by Crippen LogP contribution is -2.30. The maximum atomic E-state index is 5.91. The zero-order chi connectivity index (χ0) is 12.3. The molecule has 0 fully saturated rings. The van der Waals surface area contributed by atoms with Crippen molar-refractivity contribution in [3.63, 3.8) is 0 Å². The summed E-state index contributed by atoms with van der Waals surface area (Å²) in [5.41, 5.74) is 3.83. The minimum absolute atomic E-state index is 0.251. The van der Waals surface area contributed by atoms with E-state index in [0.717, 1.165) is 0 Å². The van der Waals surface area contributed by atoms with Crippen molar-refractivity contribution >= 4 is 11.6 Å². The number of aromatic nitrogens is 2. The number of halogens is 1. The van der Waals surface area contributed by atoms with Crippen LogP contribution in [0.1, 0.15) is 17.3 Å². The normalized spacial score (nSPS) is 12.4. The number of hydrazine groups is 1. The summed E-state index contributed by atoms with van der Waals surface area (Å²) in [5, 5.41) is 0.251. The van der Waals surface area contributed by atoms with Gasteiger partial charge in [-0.3, -0.25) is 10.8 Å². The van der Waals surface area contributed by atoms with Crippen LogP contribution in [-0.2, 0) is 0 Å². The van der Waals surface area contributed by atoms with Crippen molar-refractivity contribution in [1.29, 1.82) is 0 Å². The number of hydrogen-bond acceptors (Lipinski definition) is 6. The highest BCUT2D eigenvalue weighted by Gasteiger charge is 2.23. The third kappa shape index (κ3) is 2.23. The Morgan fingerprint density at radius 1 is 1.47 bits per heavy atom. The minimum Gasteiger partial charge on any atom is -0.480 e. The number of rotatable bonds is 4. The number of nitrogens with two attached hydrogens (primary N) is 1. The first-order valence-corrected chi connectivity index (χ1v) is 5.19. The van der Waals surface area contributed by atoms with Crippen LogP contribution in [0.25, 0.3) is 0 Å². The smallest absolute Gasteiger partial charge is 0.237 e. The van der Waals surface area contributed by atoms with Crippen LogP contribution in [0.2, 0.25) is 5.22 Å². The Balaban J connectivity index is 2.46. The zero-order valence-corrected chi connectivity index (χ0v) is 9.81. The van der Waals surface area contributed by atoms with Crippen LogP contribution in [0.3, 0.4) is 0 Å². The molecule has 0 amide bonds. The van der Waals surface area contributed by atoms with Gasteiger partial charge >= 0.3 is 0 Å². The van der Waals surface area contributed by atoms with Crippen molar-refractivity contribution in [3.8, 4) is 5.88 Å². The second kappa shape index (κ2) is 5.13. The molecule has 7 heteroatoms. The van der Waals surface area contributed by atoms with Crippen molar-refractivity contribution in [2.75, 3.05) is 7.11 Å². The molecule has 0 aliphatic carbocycles. The summed E-state index contributed by atoms with van der Waals surface area (Å²) in [5.74, 6) is 5.90. The van der Waals surface area contributed by atoms with E-state index >= 15 is 0 Å². The Labute approximate surface area is 103 Å². The van der Waals surface area contributed by atoms with Crippen molar-refractivity contribution in [2.24, 2.45) is 5.84 Å². The molecule has 0 radical (unpaired) electrons. The highest BCUT2D eigenvalue weighted by molar-refractivity contribution is 6.29. The Morgan fingerprint density at radius 3 is 2.82 bits per heavy atom. The molecule has 2 aromatic rings. The van der Waals surface area contributed by atoms with Gasteiger partial charge in [0.05, 0.1) is 19.4 Å². The predicted octanol–water partition coefficient (Wildman–Crippen LogP) is 1.28. The highest BCUT2D eigenvalue weighted by atomic mass is 35.5. The molecule has 0 saturated heterocycles. The van der Waals surface area contributed by atoms with E-state index in [1.165, 1.54) is 19.6 Å². The van der Waals surface area contributed by atoms with E-state index in [2.05, 4.69) is 15.4 Å². The Hall–Kier alpha value is -1.63. The molecular formula is C10H11ClN4O2. The molecule has 0 aliphatic rings. The monoisotopic (exact) mass is 254 g/mol. The van der Waals surface area contributed by atoms with E-state index in [1.54, 1.807) is 12.3 Å². The standard InChI is InChI=1S/C10H11ClN4O2/c1-16-10-8(13-3-4-14-10)7(15-12)6-2-5-17-9(6)11/h2-5,7,15H,12H2,1H3. The van der Waals surface area contributed by atoms with Crippen LogP contribution < -0.4 is 16.0 Å². The van der Waals surface area contributed by atoms with Gasteiger partial charge in [0.1, 0.15) is 5.69 Å². The SMILES string of the molecule is COc1nccnc1C(NN)c1ccoc1Cl. The quantitative estimate of drug-likeness (QED) is 0.632. The number of nitrogens with one attached hydrogen (secondary N) is 1. The van der Waals surface area contributed by atoms with E-state index in [4.69, 9.17) is 26.6 Å².